The van der Waals surface area contributed by atoms with Crippen molar-refractivity contribution in [3.8, 4) is 11.5 Å². The molecule has 28 heavy (non-hydrogen) atoms. The van der Waals surface area contributed by atoms with Crippen LogP contribution in [0.2, 0.25) is 0 Å². The molecule has 2 aromatic rings. The summed E-state index contributed by atoms with van der Waals surface area (Å²) in [4.78, 5) is 12.2. The Labute approximate surface area is 172 Å². The Kier molecular flexibility index (Phi) is 6.46. The largest absolute Gasteiger partial charge is 0.486 e. The molecule has 1 aliphatic rings. The van der Waals surface area contributed by atoms with Crippen LogP contribution in [0.3, 0.4) is 0 Å². The molecule has 7 nitrogen and oxygen atoms in total. The molecule has 3 rings (SSSR count). The molecule has 1 aliphatic heterocycles. The minimum absolute atomic E-state index is 0.178. The van der Waals surface area contributed by atoms with Gasteiger partial charge in [-0.3, -0.25) is 9.10 Å². The van der Waals surface area contributed by atoms with E-state index in [0.29, 0.717) is 42.5 Å². The SMILES string of the molecule is CS(=O)(=O)N(CCCC(=O)Nc1ccccc1Br)c1ccc2c(c1)OCCO2. The van der Waals surface area contributed by atoms with Gasteiger partial charge < -0.3 is 14.8 Å². The molecule has 1 N–H and O–H groups in total. The zero-order chi connectivity index (χ0) is 20.1. The van der Waals surface area contributed by atoms with Gasteiger partial charge in [-0.25, -0.2) is 8.42 Å². The van der Waals surface area contributed by atoms with Gasteiger partial charge in [0.2, 0.25) is 15.9 Å². The van der Waals surface area contributed by atoms with E-state index in [-0.39, 0.29) is 18.9 Å². The molecule has 0 aromatic heterocycles. The molecule has 0 spiro atoms. The van der Waals surface area contributed by atoms with Gasteiger partial charge in [-0.05, 0) is 46.6 Å². The number of fused-ring (bicyclic) bond motifs is 1. The fourth-order valence-corrected chi connectivity index (χ4v) is 4.17. The lowest BCUT2D eigenvalue weighted by molar-refractivity contribution is -0.116. The van der Waals surface area contributed by atoms with Crippen LogP contribution in [0.1, 0.15) is 12.8 Å². The van der Waals surface area contributed by atoms with E-state index in [0.717, 1.165) is 10.7 Å². The van der Waals surface area contributed by atoms with Crippen molar-refractivity contribution in [2.75, 3.05) is 35.6 Å². The number of carbonyl (C=O) groups is 1. The molecule has 0 aliphatic carbocycles. The van der Waals surface area contributed by atoms with Gasteiger partial charge in [-0.2, -0.15) is 0 Å². The quantitative estimate of drug-likeness (QED) is 0.672. The highest BCUT2D eigenvalue weighted by atomic mass is 79.9. The highest BCUT2D eigenvalue weighted by Crippen LogP contribution is 2.34. The molecular weight excluding hydrogens is 448 g/mol. The predicted octanol–water partition coefficient (Wildman–Crippen LogP) is 3.41. The minimum Gasteiger partial charge on any atom is -0.486 e. The first-order chi connectivity index (χ1) is 13.3. The molecule has 1 amide bonds. The fourth-order valence-electron chi connectivity index (χ4n) is 2.83. The van der Waals surface area contributed by atoms with Crippen molar-refractivity contribution in [3.63, 3.8) is 0 Å². The van der Waals surface area contributed by atoms with Crippen LogP contribution in [0.15, 0.2) is 46.9 Å². The first-order valence-corrected chi connectivity index (χ1v) is 11.4. The maximum atomic E-state index is 12.3. The van der Waals surface area contributed by atoms with E-state index in [1.807, 2.05) is 18.2 Å². The van der Waals surface area contributed by atoms with E-state index in [1.54, 1.807) is 24.3 Å². The Balaban J connectivity index is 1.64. The summed E-state index contributed by atoms with van der Waals surface area (Å²) in [5.41, 5.74) is 1.16. The summed E-state index contributed by atoms with van der Waals surface area (Å²) in [6.45, 7) is 1.07. The van der Waals surface area contributed by atoms with E-state index in [2.05, 4.69) is 21.2 Å². The lowest BCUT2D eigenvalue weighted by Crippen LogP contribution is -2.31. The van der Waals surface area contributed by atoms with Crippen molar-refractivity contribution in [2.24, 2.45) is 0 Å². The van der Waals surface area contributed by atoms with Gasteiger partial charge in [-0.1, -0.05) is 12.1 Å². The number of ether oxygens (including phenoxy) is 2. The highest BCUT2D eigenvalue weighted by molar-refractivity contribution is 9.10. The van der Waals surface area contributed by atoms with Crippen molar-refractivity contribution < 1.29 is 22.7 Å². The molecule has 2 aromatic carbocycles. The van der Waals surface area contributed by atoms with Gasteiger partial charge in [0.05, 0.1) is 17.6 Å². The van der Waals surface area contributed by atoms with Crippen LogP contribution in [0.25, 0.3) is 0 Å². The molecule has 0 saturated carbocycles. The molecule has 0 fully saturated rings. The number of rotatable bonds is 7. The van der Waals surface area contributed by atoms with E-state index in [4.69, 9.17) is 9.47 Å². The predicted molar refractivity (Wildman–Crippen MR) is 112 cm³/mol. The van der Waals surface area contributed by atoms with Crippen LogP contribution >= 0.6 is 15.9 Å². The number of amides is 1. The van der Waals surface area contributed by atoms with E-state index >= 15 is 0 Å². The van der Waals surface area contributed by atoms with Gasteiger partial charge >= 0.3 is 0 Å². The standard InChI is InChI=1S/C19H21BrN2O5S/c1-28(24,25)22(14-8-9-17-18(13-14)27-12-11-26-17)10-4-7-19(23)21-16-6-3-2-5-15(16)20/h2-3,5-6,8-9,13H,4,7,10-12H2,1H3,(H,21,23). The Morgan fingerprint density at radius 1 is 1.14 bits per heavy atom. The summed E-state index contributed by atoms with van der Waals surface area (Å²) < 4.78 is 37.6. The van der Waals surface area contributed by atoms with Gasteiger partial charge in [-0.15, -0.1) is 0 Å². The average Bonchev–Trinajstić information content (AvgIpc) is 2.66. The number of halogens is 1. The molecule has 1 heterocycles. The number of sulfonamides is 1. The first kappa shape index (κ1) is 20.5. The van der Waals surface area contributed by atoms with Crippen molar-refractivity contribution in [1.82, 2.24) is 0 Å². The van der Waals surface area contributed by atoms with Gasteiger partial charge in [0, 0.05) is 23.5 Å². The second kappa shape index (κ2) is 8.83. The maximum Gasteiger partial charge on any atom is 0.232 e. The third-order valence-electron chi connectivity index (χ3n) is 4.13. The van der Waals surface area contributed by atoms with E-state index in [1.165, 1.54) is 4.31 Å². The van der Waals surface area contributed by atoms with Gasteiger partial charge in [0.15, 0.2) is 11.5 Å². The summed E-state index contributed by atoms with van der Waals surface area (Å²) >= 11 is 3.38. The summed E-state index contributed by atoms with van der Waals surface area (Å²) in [6, 6.07) is 12.3. The third-order valence-corrected chi connectivity index (χ3v) is 6.01. The molecule has 0 bridgehead atoms. The maximum absolute atomic E-state index is 12.3. The number of hydrogen-bond acceptors (Lipinski definition) is 5. The molecular formula is C19H21BrN2O5S. The Hall–Kier alpha value is -2.26. The van der Waals surface area contributed by atoms with Crippen LogP contribution in [-0.2, 0) is 14.8 Å². The van der Waals surface area contributed by atoms with Crippen LogP contribution in [0.4, 0.5) is 11.4 Å². The summed E-state index contributed by atoms with van der Waals surface area (Å²) in [5, 5.41) is 2.81. The van der Waals surface area contributed by atoms with Gasteiger partial charge in [0.25, 0.3) is 0 Å². The summed E-state index contributed by atoms with van der Waals surface area (Å²) in [6.07, 6.45) is 1.71. The van der Waals surface area contributed by atoms with Crippen LogP contribution in [-0.4, -0.2) is 40.3 Å². The smallest absolute Gasteiger partial charge is 0.232 e. The van der Waals surface area contributed by atoms with Crippen LogP contribution in [0.5, 0.6) is 11.5 Å². The van der Waals surface area contributed by atoms with Crippen molar-refractivity contribution >= 4 is 43.2 Å². The minimum atomic E-state index is -3.51. The summed E-state index contributed by atoms with van der Waals surface area (Å²) in [5.74, 6) is 0.933. The van der Waals surface area contributed by atoms with Gasteiger partial charge in [0.1, 0.15) is 13.2 Å². The number of nitrogens with zero attached hydrogens (tertiary/aromatic N) is 1. The Morgan fingerprint density at radius 3 is 2.57 bits per heavy atom. The number of nitrogens with one attached hydrogen (secondary N) is 1. The highest BCUT2D eigenvalue weighted by Gasteiger charge is 2.21. The second-order valence-electron chi connectivity index (χ2n) is 6.29. The third kappa shape index (κ3) is 5.17. The summed E-state index contributed by atoms with van der Waals surface area (Å²) in [7, 11) is -3.51. The number of anilines is 2. The van der Waals surface area contributed by atoms with E-state index < -0.39 is 10.0 Å². The average molecular weight is 469 g/mol. The van der Waals surface area contributed by atoms with Crippen molar-refractivity contribution in [3.05, 3.63) is 46.9 Å². The lowest BCUT2D eigenvalue weighted by atomic mass is 10.2. The number of para-hydroxylation sites is 1. The second-order valence-corrected chi connectivity index (χ2v) is 9.06. The Bertz CT molecular complexity index is 965. The van der Waals surface area contributed by atoms with Crippen LogP contribution in [0, 0.1) is 0 Å². The lowest BCUT2D eigenvalue weighted by Gasteiger charge is -2.25. The zero-order valence-electron chi connectivity index (χ0n) is 15.4. The number of carbonyl (C=O) groups excluding carboxylic acids is 1. The number of hydrogen-bond donors (Lipinski definition) is 1. The molecule has 9 heteroatoms. The molecule has 0 atom stereocenters. The topological polar surface area (TPSA) is 84.9 Å². The molecule has 150 valence electrons. The monoisotopic (exact) mass is 468 g/mol. The van der Waals surface area contributed by atoms with Crippen molar-refractivity contribution in [1.29, 1.82) is 0 Å². The molecule has 0 saturated heterocycles. The zero-order valence-corrected chi connectivity index (χ0v) is 17.8. The Morgan fingerprint density at radius 2 is 1.86 bits per heavy atom. The molecule has 0 unspecified atom stereocenters. The van der Waals surface area contributed by atoms with Crippen LogP contribution < -0.4 is 19.1 Å². The van der Waals surface area contributed by atoms with Crippen molar-refractivity contribution in [2.45, 2.75) is 12.8 Å². The molecule has 0 radical (unpaired) electrons. The first-order valence-electron chi connectivity index (χ1n) is 8.76. The number of benzene rings is 2. The normalized spacial score (nSPS) is 13.1. The fraction of sp³-hybridized carbons (Fsp3) is 0.316. The van der Waals surface area contributed by atoms with E-state index in [9.17, 15) is 13.2 Å².